The zero-order valence-corrected chi connectivity index (χ0v) is 18.4. The second-order valence-corrected chi connectivity index (χ2v) is 8.11. The molecule has 1 saturated heterocycles. The predicted octanol–water partition coefficient (Wildman–Crippen LogP) is 3.73. The lowest BCUT2D eigenvalue weighted by atomic mass is 10.1. The van der Waals surface area contributed by atoms with Crippen LogP contribution in [0, 0.1) is 0 Å². The van der Waals surface area contributed by atoms with Gasteiger partial charge in [0, 0.05) is 56.5 Å². The minimum atomic E-state index is -0.0660. The molecular weight excluding hydrogens is 378 g/mol. The SMILES string of the molecule is CCCCCCN1CC(=O)NCCN(Cc2c(CC)oc3ccccc23)CCC1=O. The van der Waals surface area contributed by atoms with E-state index in [0.29, 0.717) is 26.1 Å². The number of fused-ring (bicyclic) bond motifs is 1. The van der Waals surface area contributed by atoms with Crippen molar-refractivity contribution in [3.63, 3.8) is 0 Å². The average molecular weight is 414 g/mol. The highest BCUT2D eigenvalue weighted by Gasteiger charge is 2.22. The minimum absolute atomic E-state index is 0.0660. The molecule has 0 bridgehead atoms. The van der Waals surface area contributed by atoms with Gasteiger partial charge in [-0.2, -0.15) is 0 Å². The van der Waals surface area contributed by atoms with Crippen LogP contribution in [0.1, 0.15) is 57.3 Å². The van der Waals surface area contributed by atoms with Gasteiger partial charge in [-0.05, 0) is 12.5 Å². The van der Waals surface area contributed by atoms with E-state index in [-0.39, 0.29) is 18.4 Å². The Morgan fingerprint density at radius 2 is 1.90 bits per heavy atom. The number of hydrogen-bond donors (Lipinski definition) is 1. The molecule has 0 atom stereocenters. The first-order chi connectivity index (χ1) is 14.6. The number of unbranched alkanes of at least 4 members (excludes halogenated alkanes) is 3. The third-order valence-corrected chi connectivity index (χ3v) is 5.85. The molecule has 3 rings (SSSR count). The van der Waals surface area contributed by atoms with E-state index in [1.54, 1.807) is 4.90 Å². The topological polar surface area (TPSA) is 65.8 Å². The van der Waals surface area contributed by atoms with Crippen LogP contribution in [-0.4, -0.2) is 54.3 Å². The fourth-order valence-corrected chi connectivity index (χ4v) is 4.12. The van der Waals surface area contributed by atoms with Crippen LogP contribution in [0.5, 0.6) is 0 Å². The van der Waals surface area contributed by atoms with Crippen molar-refractivity contribution in [3.8, 4) is 0 Å². The van der Waals surface area contributed by atoms with E-state index >= 15 is 0 Å². The summed E-state index contributed by atoms with van der Waals surface area (Å²) >= 11 is 0. The largest absolute Gasteiger partial charge is 0.461 e. The van der Waals surface area contributed by atoms with Crippen LogP contribution < -0.4 is 5.32 Å². The molecule has 1 aliphatic rings. The Bertz CT molecular complexity index is 845. The van der Waals surface area contributed by atoms with Gasteiger partial charge in [-0.1, -0.05) is 51.3 Å². The number of benzene rings is 1. The number of nitrogens with one attached hydrogen (secondary N) is 1. The Balaban J connectivity index is 1.69. The molecule has 2 heterocycles. The van der Waals surface area contributed by atoms with Crippen LogP contribution in [0.25, 0.3) is 11.0 Å². The summed E-state index contributed by atoms with van der Waals surface area (Å²) in [5.41, 5.74) is 2.11. The summed E-state index contributed by atoms with van der Waals surface area (Å²) < 4.78 is 6.04. The number of amides is 2. The van der Waals surface area contributed by atoms with Crippen LogP contribution in [-0.2, 0) is 22.6 Å². The number of para-hydroxylation sites is 1. The lowest BCUT2D eigenvalue weighted by Gasteiger charge is -2.28. The molecule has 2 aromatic rings. The minimum Gasteiger partial charge on any atom is -0.461 e. The highest BCUT2D eigenvalue weighted by atomic mass is 16.3. The van der Waals surface area contributed by atoms with Gasteiger partial charge < -0.3 is 14.6 Å². The predicted molar refractivity (Wildman–Crippen MR) is 119 cm³/mol. The molecule has 1 fully saturated rings. The number of carbonyl (C=O) groups is 2. The molecule has 164 valence electrons. The zero-order chi connectivity index (χ0) is 21.3. The summed E-state index contributed by atoms with van der Waals surface area (Å²) in [6.45, 7) is 7.83. The Labute approximate surface area is 179 Å². The van der Waals surface area contributed by atoms with E-state index in [1.807, 2.05) is 18.2 Å². The van der Waals surface area contributed by atoms with Crippen LogP contribution in [0.15, 0.2) is 28.7 Å². The molecule has 0 spiro atoms. The first-order valence-electron chi connectivity index (χ1n) is 11.4. The van der Waals surface area contributed by atoms with E-state index in [4.69, 9.17) is 4.42 Å². The molecule has 1 N–H and O–H groups in total. The van der Waals surface area contributed by atoms with Gasteiger partial charge in [0.25, 0.3) is 0 Å². The summed E-state index contributed by atoms with van der Waals surface area (Å²) in [5, 5.41) is 4.12. The van der Waals surface area contributed by atoms with Crippen LogP contribution in [0.3, 0.4) is 0 Å². The Morgan fingerprint density at radius 1 is 1.07 bits per heavy atom. The zero-order valence-electron chi connectivity index (χ0n) is 18.4. The molecule has 0 saturated carbocycles. The summed E-state index contributed by atoms with van der Waals surface area (Å²) in [4.78, 5) is 29.1. The van der Waals surface area contributed by atoms with E-state index < -0.39 is 0 Å². The van der Waals surface area contributed by atoms with Gasteiger partial charge in [0.05, 0.1) is 6.54 Å². The standard InChI is InChI=1S/C24H35N3O3/c1-3-5-6-9-14-27-18-23(28)25-13-16-26(15-12-24(27)29)17-20-19-10-7-8-11-22(19)30-21(20)4-2/h7-8,10-11H,3-6,9,12-18H2,1-2H3,(H,25,28). The third kappa shape index (κ3) is 5.85. The molecular formula is C24H35N3O3. The van der Waals surface area contributed by atoms with Crippen molar-refractivity contribution in [1.29, 1.82) is 0 Å². The maximum atomic E-state index is 12.8. The van der Waals surface area contributed by atoms with Crippen LogP contribution in [0.2, 0.25) is 0 Å². The fraction of sp³-hybridized carbons (Fsp3) is 0.583. The maximum absolute atomic E-state index is 12.8. The van der Waals surface area contributed by atoms with Crippen molar-refractivity contribution in [2.24, 2.45) is 0 Å². The van der Waals surface area contributed by atoms with Crippen molar-refractivity contribution >= 4 is 22.8 Å². The monoisotopic (exact) mass is 413 g/mol. The summed E-state index contributed by atoms with van der Waals surface area (Å²) in [5.74, 6) is 1.01. The molecule has 6 heteroatoms. The van der Waals surface area contributed by atoms with Crippen LogP contribution in [0.4, 0.5) is 0 Å². The maximum Gasteiger partial charge on any atom is 0.239 e. The smallest absolute Gasteiger partial charge is 0.239 e. The van der Waals surface area contributed by atoms with Crippen molar-refractivity contribution < 1.29 is 14.0 Å². The third-order valence-electron chi connectivity index (χ3n) is 5.85. The second-order valence-electron chi connectivity index (χ2n) is 8.11. The Morgan fingerprint density at radius 3 is 2.70 bits per heavy atom. The van der Waals surface area contributed by atoms with E-state index in [9.17, 15) is 9.59 Å². The lowest BCUT2D eigenvalue weighted by molar-refractivity contribution is -0.136. The van der Waals surface area contributed by atoms with Crippen LogP contribution >= 0.6 is 0 Å². The highest BCUT2D eigenvalue weighted by Crippen LogP contribution is 2.27. The van der Waals surface area contributed by atoms with Crippen molar-refractivity contribution in [2.45, 2.75) is 58.9 Å². The van der Waals surface area contributed by atoms with Gasteiger partial charge in [0.2, 0.25) is 11.8 Å². The van der Waals surface area contributed by atoms with Gasteiger partial charge in [0.1, 0.15) is 11.3 Å². The van der Waals surface area contributed by atoms with Gasteiger partial charge >= 0.3 is 0 Å². The van der Waals surface area contributed by atoms with Gasteiger partial charge in [-0.25, -0.2) is 0 Å². The van der Waals surface area contributed by atoms with Crippen molar-refractivity contribution in [3.05, 3.63) is 35.6 Å². The van der Waals surface area contributed by atoms with Crippen molar-refractivity contribution in [1.82, 2.24) is 15.1 Å². The summed E-state index contributed by atoms with van der Waals surface area (Å²) in [6, 6.07) is 8.12. The molecule has 0 aliphatic carbocycles. The average Bonchev–Trinajstić information content (AvgIpc) is 3.11. The molecule has 2 amide bonds. The number of nitrogens with zero attached hydrogens (tertiary/aromatic N) is 2. The molecule has 30 heavy (non-hydrogen) atoms. The Kier molecular flexibility index (Phi) is 8.31. The normalized spacial score (nSPS) is 16.8. The first-order valence-corrected chi connectivity index (χ1v) is 11.4. The van der Waals surface area contributed by atoms with E-state index in [0.717, 1.165) is 55.5 Å². The summed E-state index contributed by atoms with van der Waals surface area (Å²) in [7, 11) is 0. The molecule has 6 nitrogen and oxygen atoms in total. The van der Waals surface area contributed by atoms with Gasteiger partial charge in [0.15, 0.2) is 0 Å². The van der Waals surface area contributed by atoms with E-state index in [2.05, 4.69) is 30.1 Å². The number of aryl methyl sites for hydroxylation is 1. The number of carbonyl (C=O) groups excluding carboxylic acids is 2. The number of hydrogen-bond acceptors (Lipinski definition) is 4. The number of furan rings is 1. The second kappa shape index (κ2) is 11.2. The molecule has 1 aromatic heterocycles. The van der Waals surface area contributed by atoms with Crippen molar-refractivity contribution in [2.75, 3.05) is 32.7 Å². The highest BCUT2D eigenvalue weighted by molar-refractivity contribution is 5.85. The molecule has 1 aliphatic heterocycles. The molecule has 0 radical (unpaired) electrons. The number of rotatable bonds is 8. The Hall–Kier alpha value is -2.34. The molecule has 1 aromatic carbocycles. The quantitative estimate of drug-likeness (QED) is 0.670. The fourth-order valence-electron chi connectivity index (χ4n) is 4.12. The van der Waals surface area contributed by atoms with Gasteiger partial charge in [-0.3, -0.25) is 14.5 Å². The lowest BCUT2D eigenvalue weighted by Crippen LogP contribution is -2.46. The first kappa shape index (κ1) is 22.3. The molecule has 0 unspecified atom stereocenters. The van der Waals surface area contributed by atoms with E-state index in [1.165, 1.54) is 12.0 Å². The summed E-state index contributed by atoms with van der Waals surface area (Å²) in [6.07, 6.45) is 5.66. The van der Waals surface area contributed by atoms with Gasteiger partial charge in [-0.15, -0.1) is 0 Å².